The lowest BCUT2D eigenvalue weighted by Gasteiger charge is -2.25. The Bertz CT molecular complexity index is 313. The van der Waals surface area contributed by atoms with Crippen LogP contribution in [0.1, 0.15) is 32.4 Å². The molecule has 0 saturated carbocycles. The second-order valence-electron chi connectivity index (χ2n) is 4.16. The van der Waals surface area contributed by atoms with Gasteiger partial charge in [-0.3, -0.25) is 16.0 Å². The first-order chi connectivity index (χ1) is 8.22. The van der Waals surface area contributed by atoms with Gasteiger partial charge in [0.15, 0.2) is 0 Å². The van der Waals surface area contributed by atoms with Crippen LogP contribution in [0.15, 0.2) is 12.3 Å². The molecule has 17 heavy (non-hydrogen) atoms. The summed E-state index contributed by atoms with van der Waals surface area (Å²) < 4.78 is 7.58. The van der Waals surface area contributed by atoms with Gasteiger partial charge in [-0.1, -0.05) is 6.92 Å². The summed E-state index contributed by atoms with van der Waals surface area (Å²) in [5.41, 5.74) is 4.08. The minimum absolute atomic E-state index is 0.179. The fourth-order valence-electron chi connectivity index (χ4n) is 2.06. The van der Waals surface area contributed by atoms with Gasteiger partial charge in [0.05, 0.1) is 6.10 Å². The largest absolute Gasteiger partial charge is 0.377 e. The normalized spacial score (nSPS) is 14.8. The molecule has 98 valence electrons. The first kappa shape index (κ1) is 14.2. The predicted octanol–water partition coefficient (Wildman–Crippen LogP) is 1.000. The quantitative estimate of drug-likeness (QED) is 0.525. The number of rotatable bonds is 8. The molecule has 0 saturated heterocycles. The molecular formula is C12H24N4O. The monoisotopic (exact) mass is 240 g/mol. The molecular weight excluding hydrogens is 216 g/mol. The van der Waals surface area contributed by atoms with E-state index in [2.05, 4.69) is 17.4 Å². The van der Waals surface area contributed by atoms with Gasteiger partial charge in [-0.2, -0.15) is 5.10 Å². The zero-order valence-electron chi connectivity index (χ0n) is 11.0. The highest BCUT2D eigenvalue weighted by atomic mass is 16.5. The van der Waals surface area contributed by atoms with Crippen LogP contribution in [-0.4, -0.2) is 28.5 Å². The number of nitrogens with two attached hydrogens (primary N) is 1. The van der Waals surface area contributed by atoms with Gasteiger partial charge < -0.3 is 4.74 Å². The third kappa shape index (κ3) is 4.11. The third-order valence-corrected chi connectivity index (χ3v) is 3.08. The van der Waals surface area contributed by atoms with Crippen molar-refractivity contribution in [2.75, 3.05) is 6.61 Å². The van der Waals surface area contributed by atoms with Crippen molar-refractivity contribution < 1.29 is 4.74 Å². The van der Waals surface area contributed by atoms with Crippen molar-refractivity contribution in [1.29, 1.82) is 0 Å². The van der Waals surface area contributed by atoms with Gasteiger partial charge in [0, 0.05) is 31.6 Å². The van der Waals surface area contributed by atoms with E-state index < -0.39 is 0 Å². The van der Waals surface area contributed by atoms with Crippen LogP contribution >= 0.6 is 0 Å². The zero-order valence-corrected chi connectivity index (χ0v) is 11.0. The molecule has 0 bridgehead atoms. The summed E-state index contributed by atoms with van der Waals surface area (Å²) in [6.07, 6.45) is 4.87. The Morgan fingerprint density at radius 1 is 1.53 bits per heavy atom. The zero-order chi connectivity index (χ0) is 12.7. The van der Waals surface area contributed by atoms with E-state index in [1.807, 2.05) is 30.9 Å². The maximum Gasteiger partial charge on any atom is 0.0738 e. The molecule has 0 spiro atoms. The second-order valence-corrected chi connectivity index (χ2v) is 4.16. The van der Waals surface area contributed by atoms with Crippen molar-refractivity contribution in [1.82, 2.24) is 15.2 Å². The maximum atomic E-state index is 5.68. The minimum Gasteiger partial charge on any atom is -0.377 e. The number of aryl methyl sites for hydroxylation is 2. The molecule has 0 amide bonds. The van der Waals surface area contributed by atoms with Gasteiger partial charge in [0.2, 0.25) is 0 Å². The topological polar surface area (TPSA) is 65.1 Å². The Morgan fingerprint density at radius 3 is 2.76 bits per heavy atom. The van der Waals surface area contributed by atoms with Gasteiger partial charge in [-0.05, 0) is 32.3 Å². The van der Waals surface area contributed by atoms with Crippen LogP contribution in [-0.2, 0) is 18.2 Å². The number of hydrogen-bond acceptors (Lipinski definition) is 4. The minimum atomic E-state index is 0.179. The molecule has 2 atom stereocenters. The molecule has 0 aromatic carbocycles. The molecule has 1 rings (SSSR count). The van der Waals surface area contributed by atoms with Crippen LogP contribution in [0.4, 0.5) is 0 Å². The Kier molecular flexibility index (Phi) is 6.18. The molecule has 0 aliphatic carbocycles. The van der Waals surface area contributed by atoms with Gasteiger partial charge in [0.25, 0.3) is 0 Å². The highest BCUT2D eigenvalue weighted by Crippen LogP contribution is 2.11. The van der Waals surface area contributed by atoms with E-state index in [0.29, 0.717) is 0 Å². The molecule has 1 aromatic rings. The van der Waals surface area contributed by atoms with Gasteiger partial charge in [-0.25, -0.2) is 0 Å². The number of nitrogens with zero attached hydrogens (tertiary/aromatic N) is 2. The Labute approximate surface area is 103 Å². The highest BCUT2D eigenvalue weighted by molar-refractivity contribution is 5.00. The molecule has 5 heteroatoms. The predicted molar refractivity (Wildman–Crippen MR) is 68.3 cm³/mol. The summed E-state index contributed by atoms with van der Waals surface area (Å²) in [5.74, 6) is 5.60. The summed E-state index contributed by atoms with van der Waals surface area (Å²) in [7, 11) is 1.96. The maximum absolute atomic E-state index is 5.68. The molecule has 0 radical (unpaired) electrons. The highest BCUT2D eigenvalue weighted by Gasteiger charge is 2.19. The first-order valence-electron chi connectivity index (χ1n) is 6.27. The summed E-state index contributed by atoms with van der Waals surface area (Å²) in [6.45, 7) is 4.86. The molecule has 1 aromatic heterocycles. The van der Waals surface area contributed by atoms with Gasteiger partial charge in [0.1, 0.15) is 0 Å². The third-order valence-electron chi connectivity index (χ3n) is 3.08. The molecule has 1 heterocycles. The Hall–Kier alpha value is -0.910. The van der Waals surface area contributed by atoms with Crippen LogP contribution in [0.2, 0.25) is 0 Å². The van der Waals surface area contributed by atoms with E-state index in [0.717, 1.165) is 25.9 Å². The number of hydrogen-bond donors (Lipinski definition) is 2. The van der Waals surface area contributed by atoms with E-state index in [1.54, 1.807) is 0 Å². The van der Waals surface area contributed by atoms with Crippen molar-refractivity contribution in [2.24, 2.45) is 12.9 Å². The Balaban J connectivity index is 2.49. The molecule has 0 aliphatic heterocycles. The second kappa shape index (κ2) is 7.42. The number of nitrogens with one attached hydrogen (secondary N) is 1. The van der Waals surface area contributed by atoms with Crippen molar-refractivity contribution in [3.05, 3.63) is 18.0 Å². The van der Waals surface area contributed by atoms with Crippen molar-refractivity contribution in [2.45, 2.75) is 45.3 Å². The van der Waals surface area contributed by atoms with Crippen LogP contribution in [0.3, 0.4) is 0 Å². The lowest BCUT2D eigenvalue weighted by atomic mass is 10.0. The summed E-state index contributed by atoms with van der Waals surface area (Å²) >= 11 is 0. The van der Waals surface area contributed by atoms with Gasteiger partial charge in [-0.15, -0.1) is 0 Å². The fourth-order valence-corrected chi connectivity index (χ4v) is 2.06. The number of hydrazine groups is 1. The fraction of sp³-hybridized carbons (Fsp3) is 0.750. The number of ether oxygens (including phenoxy) is 1. The SMILES string of the molecule is CCOC(CC)C(CCc1ccnn1C)NN. The van der Waals surface area contributed by atoms with Crippen molar-refractivity contribution >= 4 is 0 Å². The summed E-state index contributed by atoms with van der Waals surface area (Å²) in [6, 6.07) is 2.23. The van der Waals surface area contributed by atoms with Crippen LogP contribution in [0, 0.1) is 0 Å². The van der Waals surface area contributed by atoms with E-state index in [9.17, 15) is 0 Å². The van der Waals surface area contributed by atoms with Crippen LogP contribution < -0.4 is 11.3 Å². The average Bonchev–Trinajstić information content (AvgIpc) is 2.74. The molecule has 0 fully saturated rings. The molecule has 2 unspecified atom stereocenters. The van der Waals surface area contributed by atoms with E-state index in [-0.39, 0.29) is 12.1 Å². The summed E-state index contributed by atoms with van der Waals surface area (Å²) in [4.78, 5) is 0. The first-order valence-corrected chi connectivity index (χ1v) is 6.27. The van der Waals surface area contributed by atoms with E-state index in [1.165, 1.54) is 5.69 Å². The molecule has 0 aliphatic rings. The van der Waals surface area contributed by atoms with Gasteiger partial charge >= 0.3 is 0 Å². The van der Waals surface area contributed by atoms with Crippen molar-refractivity contribution in [3.8, 4) is 0 Å². The average molecular weight is 240 g/mol. The Morgan fingerprint density at radius 2 is 2.29 bits per heavy atom. The number of aromatic nitrogens is 2. The van der Waals surface area contributed by atoms with E-state index in [4.69, 9.17) is 10.6 Å². The van der Waals surface area contributed by atoms with Crippen LogP contribution in [0.5, 0.6) is 0 Å². The molecule has 3 N–H and O–H groups in total. The van der Waals surface area contributed by atoms with Crippen LogP contribution in [0.25, 0.3) is 0 Å². The lowest BCUT2D eigenvalue weighted by Crippen LogP contribution is -2.45. The summed E-state index contributed by atoms with van der Waals surface area (Å²) in [5, 5.41) is 4.16. The standard InChI is InChI=1S/C12H24N4O/c1-4-12(17-5-2)11(15-13)7-6-10-8-9-14-16(10)3/h8-9,11-12,15H,4-7,13H2,1-3H3. The van der Waals surface area contributed by atoms with Crippen molar-refractivity contribution in [3.63, 3.8) is 0 Å². The molecule has 5 nitrogen and oxygen atoms in total. The lowest BCUT2D eigenvalue weighted by molar-refractivity contribution is 0.0296. The smallest absolute Gasteiger partial charge is 0.0738 e. The van der Waals surface area contributed by atoms with E-state index >= 15 is 0 Å².